The van der Waals surface area contributed by atoms with Crippen LogP contribution >= 0.6 is 11.3 Å². The maximum absolute atomic E-state index is 13.9. The maximum atomic E-state index is 13.9. The third kappa shape index (κ3) is 4.59. The summed E-state index contributed by atoms with van der Waals surface area (Å²) in [5.41, 5.74) is -2.12. The fraction of sp³-hybridized carbons (Fsp3) is 0.412. The minimum atomic E-state index is -4.69. The number of thiazole rings is 1. The summed E-state index contributed by atoms with van der Waals surface area (Å²) in [7, 11) is 0. The number of nitrogens with zero attached hydrogens (tertiary/aromatic N) is 2. The zero-order chi connectivity index (χ0) is 19.7. The highest BCUT2D eigenvalue weighted by Crippen LogP contribution is 2.30. The van der Waals surface area contributed by atoms with Crippen molar-refractivity contribution in [1.29, 1.82) is 0 Å². The number of aliphatic hydroxyl groups is 1. The fourth-order valence-corrected chi connectivity index (χ4v) is 3.17. The molecule has 26 heavy (non-hydrogen) atoms. The van der Waals surface area contributed by atoms with E-state index in [1.807, 2.05) is 20.8 Å². The van der Waals surface area contributed by atoms with Gasteiger partial charge in [-0.25, -0.2) is 4.39 Å². The van der Waals surface area contributed by atoms with Gasteiger partial charge < -0.3 is 9.67 Å². The zero-order valence-corrected chi connectivity index (χ0v) is 15.2. The molecule has 0 unspecified atom stereocenters. The molecule has 1 N–H and O–H groups in total. The lowest BCUT2D eigenvalue weighted by Gasteiger charge is -2.14. The SMILES string of the molecule is CC(C)(C)c1cn(CCO)c(=NC(=O)c2cc(C(F)(F)F)ccc2F)s1. The third-order valence-corrected chi connectivity index (χ3v) is 4.97. The molecule has 1 aromatic carbocycles. The average Bonchev–Trinajstić information content (AvgIpc) is 2.90. The molecule has 0 bridgehead atoms. The summed E-state index contributed by atoms with van der Waals surface area (Å²) in [6, 6.07) is 1.62. The Morgan fingerprint density at radius 3 is 2.46 bits per heavy atom. The number of aliphatic hydroxyl groups excluding tert-OH is 1. The van der Waals surface area contributed by atoms with Crippen molar-refractivity contribution in [2.24, 2.45) is 4.99 Å². The molecule has 0 aliphatic heterocycles. The van der Waals surface area contributed by atoms with Crippen molar-refractivity contribution < 1.29 is 27.5 Å². The van der Waals surface area contributed by atoms with Gasteiger partial charge in [0.1, 0.15) is 5.82 Å². The van der Waals surface area contributed by atoms with Crippen LogP contribution in [0.1, 0.15) is 41.6 Å². The molecule has 2 aromatic rings. The summed E-state index contributed by atoms with van der Waals surface area (Å²) in [5.74, 6) is -2.18. The second-order valence-electron chi connectivity index (χ2n) is 6.65. The smallest absolute Gasteiger partial charge is 0.395 e. The lowest BCUT2D eigenvalue weighted by atomic mass is 9.95. The first-order valence-corrected chi connectivity index (χ1v) is 8.52. The van der Waals surface area contributed by atoms with Gasteiger partial charge in [-0.2, -0.15) is 18.2 Å². The van der Waals surface area contributed by atoms with Gasteiger partial charge in [-0.15, -0.1) is 11.3 Å². The van der Waals surface area contributed by atoms with Crippen LogP contribution in [0.4, 0.5) is 17.6 Å². The number of halogens is 4. The number of amides is 1. The molecule has 0 saturated heterocycles. The number of benzene rings is 1. The van der Waals surface area contributed by atoms with Crippen molar-refractivity contribution in [3.05, 3.63) is 51.0 Å². The molecule has 4 nitrogen and oxygen atoms in total. The molecule has 142 valence electrons. The van der Waals surface area contributed by atoms with Gasteiger partial charge in [0.25, 0.3) is 5.91 Å². The van der Waals surface area contributed by atoms with Crippen molar-refractivity contribution >= 4 is 17.2 Å². The Kier molecular flexibility index (Phi) is 5.72. The van der Waals surface area contributed by atoms with Crippen molar-refractivity contribution in [2.75, 3.05) is 6.61 Å². The van der Waals surface area contributed by atoms with Crippen molar-refractivity contribution in [3.8, 4) is 0 Å². The van der Waals surface area contributed by atoms with Crippen LogP contribution in [0.15, 0.2) is 29.4 Å². The van der Waals surface area contributed by atoms with Crippen LogP contribution in [0.3, 0.4) is 0 Å². The molecule has 0 saturated carbocycles. The summed E-state index contributed by atoms with van der Waals surface area (Å²) in [4.78, 5) is 17.1. The topological polar surface area (TPSA) is 54.6 Å². The van der Waals surface area contributed by atoms with E-state index in [-0.39, 0.29) is 23.4 Å². The summed E-state index contributed by atoms with van der Waals surface area (Å²) >= 11 is 1.16. The van der Waals surface area contributed by atoms with E-state index in [0.29, 0.717) is 18.2 Å². The van der Waals surface area contributed by atoms with Crippen molar-refractivity contribution in [2.45, 2.75) is 38.9 Å². The lowest BCUT2D eigenvalue weighted by Crippen LogP contribution is -2.18. The first-order chi connectivity index (χ1) is 11.9. The van der Waals surface area contributed by atoms with Gasteiger partial charge >= 0.3 is 6.18 Å². The number of hydrogen-bond acceptors (Lipinski definition) is 3. The molecule has 0 fully saturated rings. The number of alkyl halides is 3. The van der Waals surface area contributed by atoms with Crippen LogP contribution in [0.5, 0.6) is 0 Å². The van der Waals surface area contributed by atoms with Crippen LogP contribution in [0.2, 0.25) is 0 Å². The van der Waals surface area contributed by atoms with E-state index in [9.17, 15) is 22.4 Å². The zero-order valence-electron chi connectivity index (χ0n) is 14.4. The van der Waals surface area contributed by atoms with Gasteiger partial charge in [-0.3, -0.25) is 4.79 Å². The summed E-state index contributed by atoms with van der Waals surface area (Å²) in [6.45, 7) is 5.78. The highest BCUT2D eigenvalue weighted by molar-refractivity contribution is 7.09. The molecule has 2 rings (SSSR count). The van der Waals surface area contributed by atoms with Gasteiger partial charge in [0.05, 0.1) is 17.7 Å². The van der Waals surface area contributed by atoms with E-state index < -0.39 is 29.0 Å². The molecule has 9 heteroatoms. The second kappa shape index (κ2) is 7.32. The number of aromatic nitrogens is 1. The van der Waals surface area contributed by atoms with E-state index in [2.05, 4.69) is 4.99 Å². The van der Waals surface area contributed by atoms with Crippen molar-refractivity contribution in [3.63, 3.8) is 0 Å². The van der Waals surface area contributed by atoms with Crippen molar-refractivity contribution in [1.82, 2.24) is 4.57 Å². The predicted octanol–water partition coefficient (Wildman–Crippen LogP) is 3.74. The third-order valence-electron chi connectivity index (χ3n) is 3.52. The molecule has 0 aliphatic rings. The van der Waals surface area contributed by atoms with Gasteiger partial charge in [0.15, 0.2) is 4.80 Å². The Bertz CT molecular complexity index is 876. The number of carbonyl (C=O) groups excluding carboxylic acids is 1. The average molecular weight is 390 g/mol. The Labute approximate surface area is 151 Å². The van der Waals surface area contributed by atoms with Crippen LogP contribution in [-0.4, -0.2) is 22.2 Å². The molecule has 0 aliphatic carbocycles. The molecule has 1 aromatic heterocycles. The van der Waals surface area contributed by atoms with Gasteiger partial charge in [-0.1, -0.05) is 20.8 Å². The Morgan fingerprint density at radius 1 is 1.27 bits per heavy atom. The molecule has 0 atom stereocenters. The maximum Gasteiger partial charge on any atom is 0.416 e. The minimum absolute atomic E-state index is 0.157. The van der Waals surface area contributed by atoms with Gasteiger partial charge in [0, 0.05) is 17.6 Å². The lowest BCUT2D eigenvalue weighted by molar-refractivity contribution is -0.137. The monoisotopic (exact) mass is 390 g/mol. The quantitative estimate of drug-likeness (QED) is 0.812. The summed E-state index contributed by atoms with van der Waals surface area (Å²) in [5, 5.41) is 9.15. The largest absolute Gasteiger partial charge is 0.416 e. The Hall–Kier alpha value is -2.00. The van der Waals surface area contributed by atoms with Crippen LogP contribution in [0.25, 0.3) is 0 Å². The Balaban J connectivity index is 2.53. The highest BCUT2D eigenvalue weighted by atomic mass is 32.1. The first kappa shape index (κ1) is 20.3. The minimum Gasteiger partial charge on any atom is -0.395 e. The van der Waals surface area contributed by atoms with E-state index in [1.54, 1.807) is 6.20 Å². The summed E-state index contributed by atoms with van der Waals surface area (Å²) in [6.07, 6.45) is -2.97. The Morgan fingerprint density at radius 2 is 1.92 bits per heavy atom. The van der Waals surface area contributed by atoms with E-state index in [4.69, 9.17) is 5.11 Å². The normalized spacial score (nSPS) is 13.3. The van der Waals surface area contributed by atoms with Crippen LogP contribution in [-0.2, 0) is 18.1 Å². The highest BCUT2D eigenvalue weighted by Gasteiger charge is 2.32. The van der Waals surface area contributed by atoms with E-state index in [0.717, 1.165) is 16.2 Å². The molecule has 1 heterocycles. The van der Waals surface area contributed by atoms with Gasteiger partial charge in [0.2, 0.25) is 0 Å². The molecular weight excluding hydrogens is 372 g/mol. The van der Waals surface area contributed by atoms with E-state index >= 15 is 0 Å². The summed E-state index contributed by atoms with van der Waals surface area (Å²) < 4.78 is 53.8. The molecule has 0 radical (unpaired) electrons. The fourth-order valence-electron chi connectivity index (χ4n) is 2.09. The predicted molar refractivity (Wildman–Crippen MR) is 89.4 cm³/mol. The van der Waals surface area contributed by atoms with E-state index in [1.165, 1.54) is 4.57 Å². The number of hydrogen-bond donors (Lipinski definition) is 1. The molecule has 1 amide bonds. The standard InChI is InChI=1S/C17H18F4N2O2S/c1-16(2,3)13-9-23(6-7-24)15(26-13)22-14(25)11-8-10(17(19,20)21)4-5-12(11)18/h4-5,8-9,24H,6-7H2,1-3H3. The first-order valence-electron chi connectivity index (χ1n) is 7.71. The van der Waals surface area contributed by atoms with Crippen LogP contribution < -0.4 is 4.80 Å². The molecule has 0 spiro atoms. The number of carbonyl (C=O) groups is 1. The van der Waals surface area contributed by atoms with Gasteiger partial charge in [-0.05, 0) is 23.6 Å². The second-order valence-corrected chi connectivity index (χ2v) is 7.66. The molecular formula is C17H18F4N2O2S. The number of rotatable bonds is 3. The van der Waals surface area contributed by atoms with Crippen LogP contribution in [0, 0.1) is 5.82 Å².